The molecule has 0 fully saturated rings. The van der Waals surface area contributed by atoms with E-state index in [2.05, 4.69) is 13.8 Å². The first-order chi connectivity index (χ1) is 11.6. The van der Waals surface area contributed by atoms with Crippen LogP contribution in [0, 0.1) is 5.92 Å². The minimum absolute atomic E-state index is 0.0690. The Morgan fingerprint density at radius 2 is 1.92 bits per heavy atom. The van der Waals surface area contributed by atoms with Crippen LogP contribution in [0.25, 0.3) is 0 Å². The van der Waals surface area contributed by atoms with Crippen molar-refractivity contribution in [1.29, 1.82) is 0 Å². The highest BCUT2D eigenvalue weighted by Gasteiger charge is 2.40. The van der Waals surface area contributed by atoms with Crippen LogP contribution in [0.4, 0.5) is 5.69 Å². The Balaban J connectivity index is 2.34. The van der Waals surface area contributed by atoms with Gasteiger partial charge in [0.05, 0.1) is 12.1 Å². The standard InChI is InChI=1S/C19H25NO5/c1-12(2)9-10-20-14-11-13(15(21)6-8-17(22)23)5-7-16(14)25-19(3,4)18(20)24/h5,7,11-12H,6,8-10H2,1-4H3,(H,22,23). The van der Waals surface area contributed by atoms with E-state index < -0.39 is 11.6 Å². The molecule has 0 spiro atoms. The van der Waals surface area contributed by atoms with E-state index in [0.29, 0.717) is 29.5 Å². The van der Waals surface area contributed by atoms with Crippen LogP contribution in [0.1, 0.15) is 57.3 Å². The van der Waals surface area contributed by atoms with Gasteiger partial charge in [0.25, 0.3) is 5.91 Å². The summed E-state index contributed by atoms with van der Waals surface area (Å²) >= 11 is 0. The molecule has 1 aliphatic rings. The number of carbonyl (C=O) groups is 3. The van der Waals surface area contributed by atoms with Gasteiger partial charge in [-0.2, -0.15) is 0 Å². The number of rotatable bonds is 7. The van der Waals surface area contributed by atoms with Crippen LogP contribution in [0.2, 0.25) is 0 Å². The second-order valence-corrected chi connectivity index (χ2v) is 7.25. The molecule has 2 rings (SSSR count). The molecule has 0 unspecified atom stereocenters. The summed E-state index contributed by atoms with van der Waals surface area (Å²) in [5.74, 6) is -0.419. The molecule has 0 aromatic heterocycles. The molecule has 136 valence electrons. The van der Waals surface area contributed by atoms with Crippen LogP contribution >= 0.6 is 0 Å². The van der Waals surface area contributed by atoms with Crippen molar-refractivity contribution in [3.63, 3.8) is 0 Å². The normalized spacial score (nSPS) is 15.7. The summed E-state index contributed by atoms with van der Waals surface area (Å²) in [6.45, 7) is 8.17. The van der Waals surface area contributed by atoms with Gasteiger partial charge in [0.15, 0.2) is 11.4 Å². The maximum atomic E-state index is 12.8. The summed E-state index contributed by atoms with van der Waals surface area (Å²) in [4.78, 5) is 37.3. The topological polar surface area (TPSA) is 83.9 Å². The maximum Gasteiger partial charge on any atom is 0.303 e. The molecule has 0 aliphatic carbocycles. The molecule has 6 nitrogen and oxygen atoms in total. The largest absolute Gasteiger partial charge is 0.481 e. The predicted molar refractivity (Wildman–Crippen MR) is 94.2 cm³/mol. The van der Waals surface area contributed by atoms with Crippen molar-refractivity contribution in [1.82, 2.24) is 0 Å². The number of nitrogens with zero attached hydrogens (tertiary/aromatic N) is 1. The van der Waals surface area contributed by atoms with E-state index in [4.69, 9.17) is 9.84 Å². The molecule has 0 atom stereocenters. The summed E-state index contributed by atoms with van der Waals surface area (Å²) < 4.78 is 5.80. The first-order valence-electron chi connectivity index (χ1n) is 8.52. The molecule has 1 N–H and O–H groups in total. The lowest BCUT2D eigenvalue weighted by Crippen LogP contribution is -2.53. The van der Waals surface area contributed by atoms with Crippen LogP contribution in [-0.2, 0) is 9.59 Å². The predicted octanol–water partition coefficient (Wildman–Crippen LogP) is 3.28. The van der Waals surface area contributed by atoms with Crippen molar-refractivity contribution < 1.29 is 24.2 Å². The van der Waals surface area contributed by atoms with E-state index >= 15 is 0 Å². The SMILES string of the molecule is CC(C)CCN1C(=O)C(C)(C)Oc2ccc(C(=O)CCC(=O)O)cc21. The highest BCUT2D eigenvalue weighted by Crippen LogP contribution is 2.39. The fraction of sp³-hybridized carbons (Fsp3) is 0.526. The molecular weight excluding hydrogens is 322 g/mol. The van der Waals surface area contributed by atoms with Crippen LogP contribution in [0.15, 0.2) is 18.2 Å². The number of ketones is 1. The number of carboxylic acid groups (broad SMARTS) is 1. The zero-order valence-corrected chi connectivity index (χ0v) is 15.2. The second-order valence-electron chi connectivity index (χ2n) is 7.25. The van der Waals surface area contributed by atoms with Gasteiger partial charge >= 0.3 is 5.97 Å². The average Bonchev–Trinajstić information content (AvgIpc) is 2.52. The number of hydrogen-bond acceptors (Lipinski definition) is 4. The lowest BCUT2D eigenvalue weighted by Gasteiger charge is -2.39. The number of carbonyl (C=O) groups excluding carboxylic acids is 2. The summed E-state index contributed by atoms with van der Waals surface area (Å²) in [5, 5.41) is 8.73. The minimum atomic E-state index is -1.01. The number of hydrogen-bond donors (Lipinski definition) is 1. The van der Waals surface area contributed by atoms with Gasteiger partial charge in [0.2, 0.25) is 0 Å². The highest BCUT2D eigenvalue weighted by molar-refractivity contribution is 6.04. The second kappa shape index (κ2) is 7.25. The molecule has 6 heteroatoms. The molecule has 25 heavy (non-hydrogen) atoms. The third-order valence-electron chi connectivity index (χ3n) is 4.19. The van der Waals surface area contributed by atoms with E-state index in [1.165, 1.54) is 0 Å². The van der Waals surface area contributed by atoms with Gasteiger partial charge < -0.3 is 14.7 Å². The number of benzene rings is 1. The third-order valence-corrected chi connectivity index (χ3v) is 4.19. The highest BCUT2D eigenvalue weighted by atomic mass is 16.5. The van der Waals surface area contributed by atoms with Crippen molar-refractivity contribution in [2.45, 2.75) is 52.6 Å². The third kappa shape index (κ3) is 4.38. The van der Waals surface area contributed by atoms with Crippen molar-refractivity contribution >= 4 is 23.3 Å². The lowest BCUT2D eigenvalue weighted by atomic mass is 9.99. The molecule has 0 saturated heterocycles. The molecule has 1 aliphatic heterocycles. The van der Waals surface area contributed by atoms with Gasteiger partial charge in [0.1, 0.15) is 5.75 Å². The van der Waals surface area contributed by atoms with Crippen LogP contribution < -0.4 is 9.64 Å². The van der Waals surface area contributed by atoms with Crippen molar-refractivity contribution in [3.05, 3.63) is 23.8 Å². The first-order valence-corrected chi connectivity index (χ1v) is 8.52. The summed E-state index contributed by atoms with van der Waals surface area (Å²) in [7, 11) is 0. The van der Waals surface area contributed by atoms with Crippen LogP contribution in [0.3, 0.4) is 0 Å². The summed E-state index contributed by atoms with van der Waals surface area (Å²) in [5.41, 5.74) is 0.00975. The average molecular weight is 347 g/mol. The van der Waals surface area contributed by atoms with Gasteiger partial charge in [-0.05, 0) is 44.4 Å². The van der Waals surface area contributed by atoms with Crippen LogP contribution in [0.5, 0.6) is 5.75 Å². The van der Waals surface area contributed by atoms with E-state index in [9.17, 15) is 14.4 Å². The molecule has 0 radical (unpaired) electrons. The zero-order valence-electron chi connectivity index (χ0n) is 15.2. The van der Waals surface area contributed by atoms with E-state index in [1.807, 2.05) is 0 Å². The Labute approximate surface area is 147 Å². The number of ether oxygens (including phenoxy) is 1. The zero-order chi connectivity index (χ0) is 18.8. The minimum Gasteiger partial charge on any atom is -0.481 e. The quantitative estimate of drug-likeness (QED) is 0.765. The number of Topliss-reactive ketones (excluding diaryl/α,β-unsaturated/α-hetero) is 1. The number of carboxylic acids is 1. The Morgan fingerprint density at radius 1 is 1.24 bits per heavy atom. The lowest BCUT2D eigenvalue weighted by molar-refractivity contribution is -0.137. The molecular formula is C19H25NO5. The Morgan fingerprint density at radius 3 is 2.52 bits per heavy atom. The monoisotopic (exact) mass is 347 g/mol. The van der Waals surface area contributed by atoms with Gasteiger partial charge in [-0.3, -0.25) is 14.4 Å². The maximum absolute atomic E-state index is 12.8. The van der Waals surface area contributed by atoms with Crippen LogP contribution in [-0.4, -0.2) is 34.9 Å². The summed E-state index contributed by atoms with van der Waals surface area (Å²) in [6.07, 6.45) is 0.550. The number of fused-ring (bicyclic) bond motifs is 1. The van der Waals surface area contributed by atoms with Gasteiger partial charge in [-0.25, -0.2) is 0 Å². The van der Waals surface area contributed by atoms with Crippen molar-refractivity contribution in [3.8, 4) is 5.75 Å². The number of aliphatic carboxylic acids is 1. The van der Waals surface area contributed by atoms with Gasteiger partial charge in [-0.15, -0.1) is 0 Å². The van der Waals surface area contributed by atoms with Gasteiger partial charge in [0, 0.05) is 18.5 Å². The Hall–Kier alpha value is -2.37. The van der Waals surface area contributed by atoms with E-state index in [1.54, 1.807) is 36.9 Å². The van der Waals surface area contributed by atoms with Gasteiger partial charge in [-0.1, -0.05) is 13.8 Å². The first kappa shape index (κ1) is 19.0. The molecule has 1 heterocycles. The molecule has 1 amide bonds. The molecule has 0 bridgehead atoms. The van der Waals surface area contributed by atoms with E-state index in [-0.39, 0.29) is 24.5 Å². The Kier molecular flexibility index (Phi) is 5.50. The number of amides is 1. The number of anilines is 1. The summed E-state index contributed by atoms with van der Waals surface area (Å²) in [6, 6.07) is 4.93. The van der Waals surface area contributed by atoms with Crippen molar-refractivity contribution in [2.75, 3.05) is 11.4 Å². The Bertz CT molecular complexity index is 693. The molecule has 1 aromatic carbocycles. The molecule has 0 saturated carbocycles. The molecule has 1 aromatic rings. The smallest absolute Gasteiger partial charge is 0.303 e. The van der Waals surface area contributed by atoms with Crippen molar-refractivity contribution in [2.24, 2.45) is 5.92 Å². The fourth-order valence-corrected chi connectivity index (χ4v) is 2.72. The van der Waals surface area contributed by atoms with E-state index in [0.717, 1.165) is 6.42 Å². The fourth-order valence-electron chi connectivity index (χ4n) is 2.72.